The van der Waals surface area contributed by atoms with E-state index >= 15 is 0 Å². The minimum Gasteiger partial charge on any atom is -0.480 e. The van der Waals surface area contributed by atoms with E-state index in [9.17, 15) is 34.5 Å². The number of carbonyl (C=O) groups excluding carboxylic acids is 3. The summed E-state index contributed by atoms with van der Waals surface area (Å²) in [5.41, 5.74) is 0. The van der Waals surface area contributed by atoms with Crippen LogP contribution in [0.5, 0.6) is 0 Å². The number of amides is 2. The number of aliphatic hydroxyl groups excluding tert-OH is 4. The van der Waals surface area contributed by atoms with Crippen molar-refractivity contribution >= 4 is 23.8 Å². The topological polar surface area (TPSA) is 212 Å². The third-order valence-corrected chi connectivity index (χ3v) is 6.78. The Morgan fingerprint density at radius 1 is 0.854 bits per heavy atom. The Labute approximate surface area is 242 Å². The lowest BCUT2D eigenvalue weighted by Crippen LogP contribution is -2.55. The fourth-order valence-electron chi connectivity index (χ4n) is 4.35. The summed E-state index contributed by atoms with van der Waals surface area (Å²) < 4.78 is 5.14. The molecule has 0 aromatic carbocycles. The van der Waals surface area contributed by atoms with Gasteiger partial charge in [-0.2, -0.15) is 0 Å². The largest absolute Gasteiger partial charge is 0.480 e. The number of carbonyl (C=O) groups is 4. The molecule has 15 nitrogen and oxygen atoms in total. The zero-order chi connectivity index (χ0) is 31.5. The van der Waals surface area contributed by atoms with Gasteiger partial charge in [-0.3, -0.25) is 33.9 Å². The average Bonchev–Trinajstić information content (AvgIpc) is 2.93. The van der Waals surface area contributed by atoms with Crippen LogP contribution in [0, 0.1) is 0 Å². The second-order valence-corrected chi connectivity index (χ2v) is 9.89. The third kappa shape index (κ3) is 16.0. The molecule has 0 heterocycles. The average molecular weight is 594 g/mol. The van der Waals surface area contributed by atoms with Gasteiger partial charge in [-0.15, -0.1) is 0 Å². The maximum Gasteiger partial charge on any atom is 0.317 e. The summed E-state index contributed by atoms with van der Waals surface area (Å²) in [5.74, 6) is -2.24. The van der Waals surface area contributed by atoms with Crippen LogP contribution < -0.4 is 10.6 Å². The van der Waals surface area contributed by atoms with Gasteiger partial charge in [0.2, 0.25) is 11.8 Å². The van der Waals surface area contributed by atoms with Crippen molar-refractivity contribution in [3.63, 3.8) is 0 Å². The number of nitrogens with one attached hydrogen (secondary N) is 2. The van der Waals surface area contributed by atoms with Crippen LogP contribution in [0.1, 0.15) is 41.0 Å². The van der Waals surface area contributed by atoms with E-state index < -0.39 is 55.5 Å². The van der Waals surface area contributed by atoms with E-state index in [1.54, 1.807) is 18.7 Å². The van der Waals surface area contributed by atoms with Crippen molar-refractivity contribution in [2.45, 2.75) is 71.4 Å². The van der Waals surface area contributed by atoms with Gasteiger partial charge in [-0.25, -0.2) is 0 Å². The van der Waals surface area contributed by atoms with Crippen molar-refractivity contribution in [1.29, 1.82) is 0 Å². The normalized spacial score (nSPS) is 15.3. The predicted molar refractivity (Wildman–Crippen MR) is 150 cm³/mol. The molecule has 15 heteroatoms. The van der Waals surface area contributed by atoms with Gasteiger partial charge < -0.3 is 40.9 Å². The highest BCUT2D eigenvalue weighted by molar-refractivity contribution is 5.81. The summed E-state index contributed by atoms with van der Waals surface area (Å²) in [6.07, 6.45) is -1.84. The molecule has 0 saturated carbocycles. The molecule has 0 saturated heterocycles. The lowest BCUT2D eigenvalue weighted by Gasteiger charge is -2.38. The van der Waals surface area contributed by atoms with Crippen molar-refractivity contribution in [2.24, 2.45) is 0 Å². The number of likely N-dealkylation sites (N-methyl/N-ethyl adjacent to an activating group) is 2. The smallest absolute Gasteiger partial charge is 0.317 e. The molecular formula is C26H51N5O10. The monoisotopic (exact) mass is 593 g/mol. The van der Waals surface area contributed by atoms with Gasteiger partial charge in [0.15, 0.2) is 0 Å². The minimum absolute atomic E-state index is 0.0625. The Morgan fingerprint density at radius 2 is 1.39 bits per heavy atom. The molecule has 0 aromatic heterocycles. The Morgan fingerprint density at radius 3 is 1.83 bits per heavy atom. The van der Waals surface area contributed by atoms with Crippen molar-refractivity contribution in [1.82, 2.24) is 25.3 Å². The molecule has 41 heavy (non-hydrogen) atoms. The second kappa shape index (κ2) is 21.3. The molecule has 0 bridgehead atoms. The number of aliphatic hydroxyl groups is 4. The quantitative estimate of drug-likeness (QED) is 0.0592. The van der Waals surface area contributed by atoms with Crippen molar-refractivity contribution in [2.75, 3.05) is 72.2 Å². The van der Waals surface area contributed by atoms with Gasteiger partial charge in [0.05, 0.1) is 50.7 Å². The number of aliphatic carboxylic acids is 1. The van der Waals surface area contributed by atoms with Gasteiger partial charge >= 0.3 is 11.9 Å². The molecule has 0 aliphatic heterocycles. The predicted octanol–water partition coefficient (Wildman–Crippen LogP) is -2.95. The number of nitrogens with zero attached hydrogens (tertiary/aromatic N) is 3. The van der Waals surface area contributed by atoms with Crippen LogP contribution in [0.4, 0.5) is 0 Å². The lowest BCUT2D eigenvalue weighted by atomic mass is 10.1. The van der Waals surface area contributed by atoms with Crippen LogP contribution in [0.2, 0.25) is 0 Å². The minimum atomic E-state index is -1.10. The summed E-state index contributed by atoms with van der Waals surface area (Å²) in [4.78, 5) is 53.9. The molecule has 0 radical (unpaired) electrons. The Hall–Kier alpha value is -2.40. The van der Waals surface area contributed by atoms with E-state index in [1.807, 2.05) is 23.6 Å². The van der Waals surface area contributed by atoms with Gasteiger partial charge in [-0.05, 0) is 33.4 Å². The van der Waals surface area contributed by atoms with E-state index in [4.69, 9.17) is 14.9 Å². The van der Waals surface area contributed by atoms with Crippen LogP contribution in [-0.4, -0.2) is 166 Å². The number of hydrogen-bond donors (Lipinski definition) is 7. The summed E-state index contributed by atoms with van der Waals surface area (Å²) in [5, 5.41) is 51.9. The zero-order valence-electron chi connectivity index (χ0n) is 25.0. The summed E-state index contributed by atoms with van der Waals surface area (Å²) in [6.45, 7) is 8.69. The molecular weight excluding hydrogens is 542 g/mol. The number of carboxylic acid groups (broad SMARTS) is 1. The maximum absolute atomic E-state index is 12.8. The highest BCUT2D eigenvalue weighted by Crippen LogP contribution is 2.13. The summed E-state index contributed by atoms with van der Waals surface area (Å²) >= 11 is 0. The fraction of sp³-hybridized carbons (Fsp3) is 0.846. The fourth-order valence-corrected chi connectivity index (χ4v) is 4.35. The maximum atomic E-state index is 12.8. The van der Waals surface area contributed by atoms with E-state index in [0.717, 1.165) is 0 Å². The SMILES string of the molecule is CCN(CCN(CC(=O)O)CC(CCOC(C)=O)N(CC)C(C)C(=O)NCC(O)CO)C(C)C(=O)NCC(O)CO. The number of hydrogen-bond acceptors (Lipinski definition) is 12. The van der Waals surface area contributed by atoms with Gasteiger partial charge in [-0.1, -0.05) is 13.8 Å². The molecule has 0 aliphatic rings. The molecule has 0 spiro atoms. The van der Waals surface area contributed by atoms with Crippen molar-refractivity contribution < 1.29 is 49.4 Å². The van der Waals surface area contributed by atoms with Gasteiger partial charge in [0, 0.05) is 45.7 Å². The lowest BCUT2D eigenvalue weighted by molar-refractivity contribution is -0.142. The highest BCUT2D eigenvalue weighted by Gasteiger charge is 2.30. The second-order valence-electron chi connectivity index (χ2n) is 9.89. The molecule has 2 amide bonds. The number of esters is 1. The van der Waals surface area contributed by atoms with Crippen LogP contribution in [0.25, 0.3) is 0 Å². The first kappa shape index (κ1) is 38.6. The van der Waals surface area contributed by atoms with E-state index in [-0.39, 0.29) is 51.1 Å². The Bertz CT molecular complexity index is 790. The van der Waals surface area contributed by atoms with Crippen LogP contribution in [-0.2, 0) is 23.9 Å². The summed E-state index contributed by atoms with van der Waals surface area (Å²) in [7, 11) is 0. The molecule has 0 fully saturated rings. The first-order valence-corrected chi connectivity index (χ1v) is 14.0. The molecule has 240 valence electrons. The van der Waals surface area contributed by atoms with E-state index in [1.165, 1.54) is 6.92 Å². The molecule has 0 aromatic rings. The number of rotatable bonds is 23. The van der Waals surface area contributed by atoms with Crippen molar-refractivity contribution in [3.8, 4) is 0 Å². The van der Waals surface area contributed by atoms with E-state index in [0.29, 0.717) is 26.1 Å². The highest BCUT2D eigenvalue weighted by atomic mass is 16.5. The van der Waals surface area contributed by atoms with Crippen molar-refractivity contribution in [3.05, 3.63) is 0 Å². The molecule has 5 atom stereocenters. The summed E-state index contributed by atoms with van der Waals surface area (Å²) in [6, 6.07) is -1.65. The zero-order valence-corrected chi connectivity index (χ0v) is 25.0. The standard InChI is InChI=1S/C26H51N5O10/c1-6-30(18(3)25(39)27-12-22(35)16-32)10-9-29(15-24(37)38)14-21(8-11-41-20(5)34)31(7-2)19(4)26(40)28-13-23(36)17-33/h18-19,21-23,32-33,35-36H,6-17H2,1-5H3,(H,27,39)(H,28,40)(H,37,38). The molecule has 0 rings (SSSR count). The molecule has 5 unspecified atom stereocenters. The Kier molecular flexibility index (Phi) is 20.1. The third-order valence-electron chi connectivity index (χ3n) is 6.78. The Balaban J connectivity index is 5.69. The molecule has 0 aliphatic carbocycles. The number of carboxylic acids is 1. The van der Waals surface area contributed by atoms with Crippen LogP contribution in [0.3, 0.4) is 0 Å². The molecule has 7 N–H and O–H groups in total. The van der Waals surface area contributed by atoms with Crippen LogP contribution >= 0.6 is 0 Å². The van der Waals surface area contributed by atoms with Crippen LogP contribution in [0.15, 0.2) is 0 Å². The number of ether oxygens (including phenoxy) is 1. The van der Waals surface area contributed by atoms with Gasteiger partial charge in [0.1, 0.15) is 0 Å². The first-order valence-electron chi connectivity index (χ1n) is 14.0. The first-order chi connectivity index (χ1) is 19.3. The van der Waals surface area contributed by atoms with Gasteiger partial charge in [0.25, 0.3) is 0 Å². The van der Waals surface area contributed by atoms with E-state index in [2.05, 4.69) is 10.6 Å².